The molecule has 0 unspecified atom stereocenters. The highest BCUT2D eigenvalue weighted by molar-refractivity contribution is 5.94. The lowest BCUT2D eigenvalue weighted by Crippen LogP contribution is -1.94. The minimum absolute atomic E-state index is 0.189. The van der Waals surface area contributed by atoms with E-state index in [1.165, 1.54) is 12.1 Å². The maximum Gasteiger partial charge on any atom is 0.335 e. The number of aromatic nitrogens is 4. The number of aromatic amines is 2. The first-order valence-electron chi connectivity index (χ1n) is 9.05. The maximum absolute atomic E-state index is 11.2. The molecule has 0 aliphatic rings. The fourth-order valence-corrected chi connectivity index (χ4v) is 3.37. The van der Waals surface area contributed by atoms with Gasteiger partial charge in [-0.05, 0) is 42.5 Å². The van der Waals surface area contributed by atoms with Crippen molar-refractivity contribution in [3.05, 3.63) is 71.8 Å². The van der Waals surface area contributed by atoms with Gasteiger partial charge in [-0.15, -0.1) is 0 Å². The van der Waals surface area contributed by atoms with E-state index < -0.39 is 11.9 Å². The average molecular weight is 398 g/mol. The Hall–Kier alpha value is -4.46. The Morgan fingerprint density at radius 2 is 1.13 bits per heavy atom. The van der Waals surface area contributed by atoms with Crippen LogP contribution in [0.1, 0.15) is 20.7 Å². The summed E-state index contributed by atoms with van der Waals surface area (Å²) in [5.41, 5.74) is 4.62. The predicted octanol–water partition coefficient (Wildman–Crippen LogP) is 4.17. The summed E-state index contributed by atoms with van der Waals surface area (Å²) >= 11 is 0. The second kappa shape index (κ2) is 6.56. The van der Waals surface area contributed by atoms with E-state index in [9.17, 15) is 9.59 Å². The second-order valence-corrected chi connectivity index (χ2v) is 6.83. The van der Waals surface area contributed by atoms with Crippen molar-refractivity contribution in [2.45, 2.75) is 0 Å². The summed E-state index contributed by atoms with van der Waals surface area (Å²) in [4.78, 5) is 37.8. The van der Waals surface area contributed by atoms with E-state index in [1.54, 1.807) is 24.3 Å². The SMILES string of the molecule is O=C(O)c1ccc2nc(-c3cccc(-c4nc5ccc(C(=O)O)cc5[nH]4)c3)[nH]c2c1. The Morgan fingerprint density at radius 1 is 0.667 bits per heavy atom. The fourth-order valence-electron chi connectivity index (χ4n) is 3.37. The van der Waals surface area contributed by atoms with Crippen LogP contribution in [0.3, 0.4) is 0 Å². The molecular weight excluding hydrogens is 384 g/mol. The lowest BCUT2D eigenvalue weighted by atomic mass is 10.1. The van der Waals surface area contributed by atoms with Gasteiger partial charge < -0.3 is 20.2 Å². The zero-order valence-corrected chi connectivity index (χ0v) is 15.4. The van der Waals surface area contributed by atoms with Crippen LogP contribution in [0.5, 0.6) is 0 Å². The van der Waals surface area contributed by atoms with Crippen molar-refractivity contribution in [3.63, 3.8) is 0 Å². The first-order chi connectivity index (χ1) is 14.5. The van der Waals surface area contributed by atoms with Crippen molar-refractivity contribution in [2.24, 2.45) is 0 Å². The quantitative estimate of drug-likeness (QED) is 0.359. The molecular formula is C22H14N4O4. The number of carboxylic acids is 2. The number of H-pyrrole nitrogens is 2. The molecule has 0 aliphatic heterocycles. The van der Waals surface area contributed by atoms with Crippen molar-refractivity contribution < 1.29 is 19.8 Å². The Labute approximate surface area is 168 Å². The maximum atomic E-state index is 11.2. The second-order valence-electron chi connectivity index (χ2n) is 6.83. The number of benzene rings is 3. The number of hydrogen-bond donors (Lipinski definition) is 4. The van der Waals surface area contributed by atoms with Gasteiger partial charge in [0.25, 0.3) is 0 Å². The number of aromatic carboxylic acids is 2. The Balaban J connectivity index is 1.55. The van der Waals surface area contributed by atoms with Crippen LogP contribution in [0.4, 0.5) is 0 Å². The summed E-state index contributed by atoms with van der Waals surface area (Å²) in [5.74, 6) is -0.769. The van der Waals surface area contributed by atoms with Crippen LogP contribution in [-0.2, 0) is 0 Å². The van der Waals surface area contributed by atoms with E-state index in [4.69, 9.17) is 10.2 Å². The van der Waals surface area contributed by atoms with Crippen molar-refractivity contribution in [3.8, 4) is 22.8 Å². The van der Waals surface area contributed by atoms with E-state index in [1.807, 2.05) is 24.3 Å². The summed E-state index contributed by atoms with van der Waals surface area (Å²) in [6, 6.07) is 17.0. The molecule has 0 bridgehead atoms. The highest BCUT2D eigenvalue weighted by Crippen LogP contribution is 2.27. The van der Waals surface area contributed by atoms with E-state index in [2.05, 4.69) is 19.9 Å². The molecule has 8 nitrogen and oxygen atoms in total. The molecule has 5 aromatic rings. The van der Waals surface area contributed by atoms with Gasteiger partial charge in [0.05, 0.1) is 33.2 Å². The number of nitrogens with zero attached hydrogens (tertiary/aromatic N) is 2. The third-order valence-electron chi connectivity index (χ3n) is 4.87. The third kappa shape index (κ3) is 2.96. The molecule has 0 aliphatic carbocycles. The van der Waals surface area contributed by atoms with Gasteiger partial charge in [-0.2, -0.15) is 0 Å². The molecule has 8 heteroatoms. The van der Waals surface area contributed by atoms with Gasteiger partial charge >= 0.3 is 11.9 Å². The number of fused-ring (bicyclic) bond motifs is 2. The molecule has 0 radical (unpaired) electrons. The molecule has 0 saturated heterocycles. The highest BCUT2D eigenvalue weighted by Gasteiger charge is 2.12. The van der Waals surface area contributed by atoms with Gasteiger partial charge in [-0.3, -0.25) is 0 Å². The molecule has 30 heavy (non-hydrogen) atoms. The highest BCUT2D eigenvalue weighted by atomic mass is 16.4. The van der Waals surface area contributed by atoms with Gasteiger partial charge in [-0.1, -0.05) is 18.2 Å². The predicted molar refractivity (Wildman–Crippen MR) is 111 cm³/mol. The lowest BCUT2D eigenvalue weighted by Gasteiger charge is -2.00. The number of carbonyl (C=O) groups is 2. The minimum Gasteiger partial charge on any atom is -0.478 e. The molecule has 0 amide bonds. The van der Waals surface area contributed by atoms with Crippen LogP contribution in [0.15, 0.2) is 60.7 Å². The van der Waals surface area contributed by atoms with Gasteiger partial charge in [-0.25, -0.2) is 19.6 Å². The summed E-state index contributed by atoms with van der Waals surface area (Å²) in [5, 5.41) is 18.3. The van der Waals surface area contributed by atoms with Crippen LogP contribution in [-0.4, -0.2) is 42.1 Å². The Morgan fingerprint density at radius 3 is 1.57 bits per heavy atom. The molecule has 3 aromatic carbocycles. The van der Waals surface area contributed by atoms with Crippen molar-refractivity contribution in [1.29, 1.82) is 0 Å². The van der Waals surface area contributed by atoms with E-state index in [0.29, 0.717) is 33.7 Å². The van der Waals surface area contributed by atoms with E-state index in [-0.39, 0.29) is 11.1 Å². The number of rotatable bonds is 4. The minimum atomic E-state index is -0.994. The molecule has 2 heterocycles. The zero-order chi connectivity index (χ0) is 20.8. The van der Waals surface area contributed by atoms with Crippen LogP contribution >= 0.6 is 0 Å². The molecule has 0 saturated carbocycles. The normalized spacial score (nSPS) is 11.2. The summed E-state index contributed by atoms with van der Waals surface area (Å²) in [6.45, 7) is 0. The zero-order valence-electron chi connectivity index (χ0n) is 15.4. The molecule has 0 fully saturated rings. The number of nitrogens with one attached hydrogen (secondary N) is 2. The molecule has 5 rings (SSSR count). The monoisotopic (exact) mass is 398 g/mol. The van der Waals surface area contributed by atoms with Crippen molar-refractivity contribution >= 4 is 34.0 Å². The third-order valence-corrected chi connectivity index (χ3v) is 4.87. The van der Waals surface area contributed by atoms with Crippen LogP contribution in [0.25, 0.3) is 44.8 Å². The summed E-state index contributed by atoms with van der Waals surface area (Å²) < 4.78 is 0. The first-order valence-corrected chi connectivity index (χ1v) is 9.05. The first kappa shape index (κ1) is 17.6. The molecule has 2 aromatic heterocycles. The Kier molecular flexibility index (Phi) is 3.85. The van der Waals surface area contributed by atoms with Gasteiger partial charge in [0, 0.05) is 11.1 Å². The van der Waals surface area contributed by atoms with Crippen molar-refractivity contribution in [1.82, 2.24) is 19.9 Å². The fraction of sp³-hybridized carbons (Fsp3) is 0. The van der Waals surface area contributed by atoms with Gasteiger partial charge in [0.1, 0.15) is 11.6 Å². The Bertz CT molecular complexity index is 1360. The van der Waals surface area contributed by atoms with Gasteiger partial charge in [0.15, 0.2) is 0 Å². The molecule has 146 valence electrons. The standard InChI is InChI=1S/C22H14N4O4/c27-21(28)13-4-6-15-17(9-13)25-19(23-15)11-2-1-3-12(8-11)20-24-16-7-5-14(22(29)30)10-18(16)26-20/h1-10H,(H,23,25)(H,24,26)(H,27,28)(H,29,30). The number of imidazole rings is 2. The molecule has 0 atom stereocenters. The smallest absolute Gasteiger partial charge is 0.335 e. The molecule has 0 spiro atoms. The van der Waals surface area contributed by atoms with Crippen molar-refractivity contribution in [2.75, 3.05) is 0 Å². The lowest BCUT2D eigenvalue weighted by molar-refractivity contribution is 0.0686. The average Bonchev–Trinajstić information content (AvgIpc) is 3.36. The molecule has 4 N–H and O–H groups in total. The van der Waals surface area contributed by atoms with E-state index >= 15 is 0 Å². The largest absolute Gasteiger partial charge is 0.478 e. The topological polar surface area (TPSA) is 132 Å². The van der Waals surface area contributed by atoms with Crippen LogP contribution in [0, 0.1) is 0 Å². The summed E-state index contributed by atoms with van der Waals surface area (Å²) in [6.07, 6.45) is 0. The number of hydrogen-bond acceptors (Lipinski definition) is 4. The van der Waals surface area contributed by atoms with Crippen LogP contribution in [0.2, 0.25) is 0 Å². The van der Waals surface area contributed by atoms with Crippen LogP contribution < -0.4 is 0 Å². The van der Waals surface area contributed by atoms with Gasteiger partial charge in [0.2, 0.25) is 0 Å². The number of carboxylic acid groups (broad SMARTS) is 2. The van der Waals surface area contributed by atoms with E-state index in [0.717, 1.165) is 11.1 Å². The summed E-state index contributed by atoms with van der Waals surface area (Å²) in [7, 11) is 0.